The monoisotopic (exact) mass is 312 g/mol. The molecular formula is C22H32O. The molecule has 1 nitrogen and oxygen atoms in total. The lowest BCUT2D eigenvalue weighted by Gasteiger charge is -2.28. The fourth-order valence-electron chi connectivity index (χ4n) is 3.51. The van der Waals surface area contributed by atoms with Gasteiger partial charge in [0.05, 0.1) is 13.2 Å². The minimum Gasteiger partial charge on any atom is -0.373 e. The van der Waals surface area contributed by atoms with Gasteiger partial charge < -0.3 is 4.74 Å². The third-order valence-corrected chi connectivity index (χ3v) is 4.99. The normalized spacial score (nSPS) is 22.2. The Bertz CT molecular complexity index is 475. The first-order valence-electron chi connectivity index (χ1n) is 9.22. The highest BCUT2D eigenvalue weighted by atomic mass is 16.5. The van der Waals surface area contributed by atoms with Crippen LogP contribution in [-0.2, 0) is 11.3 Å². The number of rotatable bonds is 8. The number of ether oxygens (including phenoxy) is 1. The molecule has 0 heterocycles. The van der Waals surface area contributed by atoms with Crippen LogP contribution in [0.1, 0.15) is 69.4 Å². The molecule has 1 aromatic rings. The van der Waals surface area contributed by atoms with Gasteiger partial charge in [0.15, 0.2) is 0 Å². The molecule has 0 radical (unpaired) electrons. The summed E-state index contributed by atoms with van der Waals surface area (Å²) in [6.45, 7) is 5.55. The lowest BCUT2D eigenvalue weighted by atomic mass is 9.77. The first-order valence-corrected chi connectivity index (χ1v) is 9.22. The van der Waals surface area contributed by atoms with E-state index >= 15 is 0 Å². The Morgan fingerprint density at radius 2 is 1.65 bits per heavy atom. The first-order chi connectivity index (χ1) is 11.3. The van der Waals surface area contributed by atoms with Crippen molar-refractivity contribution in [2.45, 2.75) is 64.9 Å². The Hall–Kier alpha value is -1.34. The maximum atomic E-state index is 5.61. The second kappa shape index (κ2) is 10.4. The van der Waals surface area contributed by atoms with Crippen molar-refractivity contribution in [1.29, 1.82) is 0 Å². The Morgan fingerprint density at radius 1 is 0.957 bits per heavy atom. The zero-order valence-electron chi connectivity index (χ0n) is 14.8. The summed E-state index contributed by atoms with van der Waals surface area (Å²) in [7, 11) is 0. The van der Waals surface area contributed by atoms with Crippen molar-refractivity contribution in [3.63, 3.8) is 0 Å². The van der Waals surface area contributed by atoms with E-state index in [1.807, 2.05) is 19.1 Å². The zero-order valence-corrected chi connectivity index (χ0v) is 14.8. The molecule has 0 saturated heterocycles. The Balaban J connectivity index is 1.75. The molecule has 126 valence electrons. The maximum Gasteiger partial charge on any atom is 0.0721 e. The molecule has 1 aliphatic rings. The lowest BCUT2D eigenvalue weighted by molar-refractivity contribution is 0.148. The van der Waals surface area contributed by atoms with Gasteiger partial charge in [0.2, 0.25) is 0 Å². The van der Waals surface area contributed by atoms with Crippen LogP contribution in [-0.4, -0.2) is 6.61 Å². The highest BCUT2D eigenvalue weighted by Crippen LogP contribution is 2.37. The van der Waals surface area contributed by atoms with Crippen LogP contribution in [0.5, 0.6) is 0 Å². The van der Waals surface area contributed by atoms with Crippen molar-refractivity contribution in [3.05, 3.63) is 59.7 Å². The second-order valence-corrected chi connectivity index (χ2v) is 6.69. The van der Waals surface area contributed by atoms with Gasteiger partial charge in [-0.2, -0.15) is 0 Å². The van der Waals surface area contributed by atoms with Crippen molar-refractivity contribution in [2.24, 2.45) is 5.92 Å². The second-order valence-electron chi connectivity index (χ2n) is 6.69. The molecule has 0 bridgehead atoms. The van der Waals surface area contributed by atoms with E-state index < -0.39 is 0 Å². The molecule has 23 heavy (non-hydrogen) atoms. The summed E-state index contributed by atoms with van der Waals surface area (Å²) >= 11 is 0. The Morgan fingerprint density at radius 3 is 2.30 bits per heavy atom. The van der Waals surface area contributed by atoms with E-state index in [0.29, 0.717) is 13.2 Å². The molecule has 2 rings (SSSR count). The molecule has 0 aliphatic heterocycles. The standard InChI is InChI=1S/C22H32O/c1-3-5-7-8-19-9-13-21(14-10-19)22-15-11-20(12-16-22)18-23-17-6-4-2/h3-6,11-12,15-16,19,21H,7-10,13-14,17-18H2,1-2H3/b5-3+,6-4?. The lowest BCUT2D eigenvalue weighted by Crippen LogP contribution is -2.13. The van der Waals surface area contributed by atoms with Gasteiger partial charge in [-0.15, -0.1) is 0 Å². The van der Waals surface area contributed by atoms with Crippen LogP contribution in [0.3, 0.4) is 0 Å². The highest BCUT2D eigenvalue weighted by Gasteiger charge is 2.21. The Kier molecular flexibility index (Phi) is 8.17. The average Bonchev–Trinajstić information content (AvgIpc) is 2.60. The van der Waals surface area contributed by atoms with Crippen LogP contribution in [0.2, 0.25) is 0 Å². The molecule has 0 unspecified atom stereocenters. The van der Waals surface area contributed by atoms with Crippen LogP contribution in [0.25, 0.3) is 0 Å². The number of hydrogen-bond donors (Lipinski definition) is 0. The van der Waals surface area contributed by atoms with Crippen LogP contribution in [0, 0.1) is 5.92 Å². The fourth-order valence-corrected chi connectivity index (χ4v) is 3.51. The molecule has 1 saturated carbocycles. The van der Waals surface area contributed by atoms with Crippen LogP contribution in [0.4, 0.5) is 0 Å². The topological polar surface area (TPSA) is 9.23 Å². The summed E-state index contributed by atoms with van der Waals surface area (Å²) in [5.41, 5.74) is 2.80. The molecule has 0 aromatic heterocycles. The molecule has 1 heteroatoms. The van der Waals surface area contributed by atoms with Gasteiger partial charge >= 0.3 is 0 Å². The van der Waals surface area contributed by atoms with E-state index in [-0.39, 0.29) is 0 Å². The summed E-state index contributed by atoms with van der Waals surface area (Å²) in [6.07, 6.45) is 16.7. The van der Waals surface area contributed by atoms with Gasteiger partial charge in [0, 0.05) is 0 Å². The predicted octanol–water partition coefficient (Wildman–Crippen LogP) is 6.41. The van der Waals surface area contributed by atoms with Gasteiger partial charge in [-0.1, -0.05) is 48.6 Å². The van der Waals surface area contributed by atoms with Crippen molar-refractivity contribution < 1.29 is 4.74 Å². The first kappa shape index (κ1) is 18.0. The summed E-state index contributed by atoms with van der Waals surface area (Å²) in [5, 5.41) is 0. The van der Waals surface area contributed by atoms with Crippen LogP contribution < -0.4 is 0 Å². The molecule has 1 fully saturated rings. The molecule has 1 aliphatic carbocycles. The largest absolute Gasteiger partial charge is 0.373 e. The molecule has 0 spiro atoms. The Labute approximate surface area is 142 Å². The van der Waals surface area contributed by atoms with E-state index in [9.17, 15) is 0 Å². The summed E-state index contributed by atoms with van der Waals surface area (Å²) in [5.74, 6) is 1.72. The maximum absolute atomic E-state index is 5.61. The van der Waals surface area contributed by atoms with Gasteiger partial charge in [-0.25, -0.2) is 0 Å². The number of allylic oxidation sites excluding steroid dienone is 3. The van der Waals surface area contributed by atoms with Crippen molar-refractivity contribution in [2.75, 3.05) is 6.61 Å². The average molecular weight is 312 g/mol. The van der Waals surface area contributed by atoms with E-state index in [0.717, 1.165) is 11.8 Å². The quantitative estimate of drug-likeness (QED) is 0.398. The number of benzene rings is 1. The van der Waals surface area contributed by atoms with Gasteiger partial charge in [-0.05, 0) is 75.3 Å². The van der Waals surface area contributed by atoms with Crippen molar-refractivity contribution in [3.8, 4) is 0 Å². The molecular weight excluding hydrogens is 280 g/mol. The van der Waals surface area contributed by atoms with Gasteiger partial charge in [-0.3, -0.25) is 0 Å². The van der Waals surface area contributed by atoms with E-state index in [4.69, 9.17) is 4.74 Å². The van der Waals surface area contributed by atoms with E-state index in [1.165, 1.54) is 49.7 Å². The minimum absolute atomic E-state index is 0.704. The van der Waals surface area contributed by atoms with Gasteiger partial charge in [0.1, 0.15) is 0 Å². The smallest absolute Gasteiger partial charge is 0.0721 e. The molecule has 0 N–H and O–H groups in total. The van der Waals surface area contributed by atoms with E-state index in [1.54, 1.807) is 0 Å². The molecule has 0 amide bonds. The molecule has 0 atom stereocenters. The third-order valence-electron chi connectivity index (χ3n) is 4.99. The fraction of sp³-hybridized carbons (Fsp3) is 0.545. The highest BCUT2D eigenvalue weighted by molar-refractivity contribution is 5.25. The summed E-state index contributed by atoms with van der Waals surface area (Å²) in [4.78, 5) is 0. The van der Waals surface area contributed by atoms with E-state index in [2.05, 4.69) is 43.3 Å². The summed E-state index contributed by atoms with van der Waals surface area (Å²) < 4.78 is 5.61. The van der Waals surface area contributed by atoms with Crippen LogP contribution >= 0.6 is 0 Å². The van der Waals surface area contributed by atoms with Crippen molar-refractivity contribution in [1.82, 2.24) is 0 Å². The minimum atomic E-state index is 0.704. The molecule has 1 aromatic carbocycles. The summed E-state index contributed by atoms with van der Waals surface area (Å²) in [6, 6.07) is 9.12. The van der Waals surface area contributed by atoms with Crippen LogP contribution in [0.15, 0.2) is 48.6 Å². The number of hydrogen-bond acceptors (Lipinski definition) is 1. The SMILES string of the molecule is CC=CCOCc1ccc(C2CCC(CC/C=C/C)CC2)cc1. The van der Waals surface area contributed by atoms with Crippen molar-refractivity contribution >= 4 is 0 Å². The predicted molar refractivity (Wildman–Crippen MR) is 99.7 cm³/mol. The van der Waals surface area contributed by atoms with Gasteiger partial charge in [0.25, 0.3) is 0 Å². The third kappa shape index (κ3) is 6.35. The zero-order chi connectivity index (χ0) is 16.3.